The van der Waals surface area contributed by atoms with Gasteiger partial charge in [-0.3, -0.25) is 14.9 Å². The second kappa shape index (κ2) is 7.40. The summed E-state index contributed by atoms with van der Waals surface area (Å²) in [6, 6.07) is 15.6. The maximum Gasteiger partial charge on any atom is 0.270 e. The van der Waals surface area contributed by atoms with Crippen LogP contribution in [0.4, 0.5) is 5.69 Å². The zero-order chi connectivity index (χ0) is 21.5. The van der Waals surface area contributed by atoms with Crippen molar-refractivity contribution in [1.29, 1.82) is 0 Å². The van der Waals surface area contributed by atoms with E-state index in [1.54, 1.807) is 6.07 Å². The molecule has 1 unspecified atom stereocenters. The van der Waals surface area contributed by atoms with Gasteiger partial charge in [0.05, 0.1) is 28.0 Å². The molecule has 1 aliphatic rings. The molecule has 1 amide bonds. The molecule has 0 bridgehead atoms. The van der Waals surface area contributed by atoms with E-state index in [4.69, 9.17) is 5.10 Å². The topological polar surface area (TPSA) is 90.1 Å². The van der Waals surface area contributed by atoms with Crippen LogP contribution in [-0.4, -0.2) is 20.6 Å². The summed E-state index contributed by atoms with van der Waals surface area (Å²) in [4.78, 5) is 23.5. The predicted molar refractivity (Wildman–Crippen MR) is 114 cm³/mol. The number of amides is 1. The van der Waals surface area contributed by atoms with Crippen LogP contribution in [0.25, 0.3) is 5.69 Å². The highest BCUT2D eigenvalue weighted by molar-refractivity contribution is 5.95. The standard InChI is InChI=1S/C23H24N4O3/c1-15-21-19(24-22(28)16-8-7-11-18(12-16)27(29)30)13-23(2,3)14-20(21)26(25-15)17-9-5-4-6-10-17/h4-12,19H,13-14H2,1-3H3,(H,24,28). The SMILES string of the molecule is Cc1nn(-c2ccccc2)c2c1C(NC(=O)c1cccc([N+](=O)[O-])c1)CC(C)(C)C2. The minimum atomic E-state index is -0.493. The molecule has 7 nitrogen and oxygen atoms in total. The molecule has 0 aliphatic heterocycles. The van der Waals surface area contributed by atoms with Gasteiger partial charge in [0.25, 0.3) is 11.6 Å². The summed E-state index contributed by atoms with van der Waals surface area (Å²) in [5.41, 5.74) is 4.16. The van der Waals surface area contributed by atoms with Crippen molar-refractivity contribution in [3.8, 4) is 5.69 Å². The van der Waals surface area contributed by atoms with Gasteiger partial charge >= 0.3 is 0 Å². The number of para-hydroxylation sites is 1. The lowest BCUT2D eigenvalue weighted by molar-refractivity contribution is -0.384. The first-order valence-electron chi connectivity index (χ1n) is 9.94. The Hall–Kier alpha value is -3.48. The van der Waals surface area contributed by atoms with Gasteiger partial charge in [0, 0.05) is 23.3 Å². The molecule has 0 saturated carbocycles. The fourth-order valence-electron chi connectivity index (χ4n) is 4.30. The van der Waals surface area contributed by atoms with Crippen molar-refractivity contribution in [3.05, 3.63) is 87.2 Å². The second-order valence-electron chi connectivity index (χ2n) is 8.57. The lowest BCUT2D eigenvalue weighted by Gasteiger charge is -2.36. The molecular weight excluding hydrogens is 380 g/mol. The number of rotatable bonds is 4. The van der Waals surface area contributed by atoms with Crippen LogP contribution in [0.1, 0.15) is 53.6 Å². The van der Waals surface area contributed by atoms with E-state index in [1.807, 2.05) is 41.9 Å². The number of nitro benzene ring substituents is 1. The number of fused-ring (bicyclic) bond motifs is 1. The Morgan fingerprint density at radius 3 is 2.63 bits per heavy atom. The first-order chi connectivity index (χ1) is 14.2. The third kappa shape index (κ3) is 3.70. The molecule has 154 valence electrons. The smallest absolute Gasteiger partial charge is 0.270 e. The Morgan fingerprint density at radius 1 is 1.20 bits per heavy atom. The number of aryl methyl sites for hydroxylation is 1. The van der Waals surface area contributed by atoms with Crippen LogP contribution < -0.4 is 5.32 Å². The van der Waals surface area contributed by atoms with Crippen molar-refractivity contribution < 1.29 is 9.72 Å². The largest absolute Gasteiger partial charge is 0.345 e. The van der Waals surface area contributed by atoms with Crippen LogP contribution in [0, 0.1) is 22.5 Å². The fourth-order valence-corrected chi connectivity index (χ4v) is 4.30. The van der Waals surface area contributed by atoms with Crippen molar-refractivity contribution in [1.82, 2.24) is 15.1 Å². The Labute approximate surface area is 174 Å². The van der Waals surface area contributed by atoms with Gasteiger partial charge in [-0.25, -0.2) is 4.68 Å². The molecule has 4 rings (SSSR count). The highest BCUT2D eigenvalue weighted by Crippen LogP contribution is 2.42. The Kier molecular flexibility index (Phi) is 4.89. The van der Waals surface area contributed by atoms with Gasteiger partial charge in [-0.1, -0.05) is 38.1 Å². The molecule has 2 aromatic carbocycles. The molecule has 0 spiro atoms. The number of carbonyl (C=O) groups excluding carboxylic acids is 1. The number of carbonyl (C=O) groups is 1. The number of benzene rings is 2. The summed E-state index contributed by atoms with van der Waals surface area (Å²) >= 11 is 0. The Balaban J connectivity index is 1.71. The summed E-state index contributed by atoms with van der Waals surface area (Å²) < 4.78 is 1.97. The minimum Gasteiger partial charge on any atom is -0.345 e. The van der Waals surface area contributed by atoms with Gasteiger partial charge in [0.15, 0.2) is 0 Å². The summed E-state index contributed by atoms with van der Waals surface area (Å²) in [7, 11) is 0. The molecule has 30 heavy (non-hydrogen) atoms. The van der Waals surface area contributed by atoms with Crippen molar-refractivity contribution >= 4 is 11.6 Å². The summed E-state index contributed by atoms with van der Waals surface area (Å²) in [5.74, 6) is -0.320. The van der Waals surface area contributed by atoms with Crippen LogP contribution in [0.2, 0.25) is 0 Å². The number of aromatic nitrogens is 2. The zero-order valence-electron chi connectivity index (χ0n) is 17.3. The van der Waals surface area contributed by atoms with Crippen molar-refractivity contribution in [3.63, 3.8) is 0 Å². The molecule has 0 saturated heterocycles. The van der Waals surface area contributed by atoms with Gasteiger partial charge < -0.3 is 5.32 Å². The summed E-state index contributed by atoms with van der Waals surface area (Å²) in [5, 5.41) is 18.9. The molecule has 3 aromatic rings. The van der Waals surface area contributed by atoms with Crippen LogP contribution in [0.5, 0.6) is 0 Å². The highest BCUT2D eigenvalue weighted by Gasteiger charge is 2.37. The van der Waals surface area contributed by atoms with Gasteiger partial charge in [-0.2, -0.15) is 5.10 Å². The van der Waals surface area contributed by atoms with Gasteiger partial charge in [0.1, 0.15) is 0 Å². The lowest BCUT2D eigenvalue weighted by atomic mass is 9.73. The summed E-state index contributed by atoms with van der Waals surface area (Å²) in [6.07, 6.45) is 1.61. The Bertz CT molecular complexity index is 1120. The summed E-state index contributed by atoms with van der Waals surface area (Å²) in [6.45, 7) is 6.32. The molecule has 0 fully saturated rings. The molecule has 0 radical (unpaired) electrons. The van der Waals surface area contributed by atoms with Crippen molar-refractivity contribution in [2.75, 3.05) is 0 Å². The number of non-ortho nitro benzene ring substituents is 1. The molecule has 1 aliphatic carbocycles. The maximum atomic E-state index is 12.9. The van der Waals surface area contributed by atoms with Crippen LogP contribution in [0.15, 0.2) is 54.6 Å². The number of hydrogen-bond acceptors (Lipinski definition) is 4. The molecule has 1 heterocycles. The number of nitrogens with zero attached hydrogens (tertiary/aromatic N) is 3. The molecule has 1 aromatic heterocycles. The molecular formula is C23H24N4O3. The van der Waals surface area contributed by atoms with Crippen LogP contribution in [0.3, 0.4) is 0 Å². The third-order valence-corrected chi connectivity index (χ3v) is 5.58. The number of hydrogen-bond donors (Lipinski definition) is 1. The quantitative estimate of drug-likeness (QED) is 0.511. The van der Waals surface area contributed by atoms with E-state index in [0.29, 0.717) is 0 Å². The van der Waals surface area contributed by atoms with E-state index < -0.39 is 4.92 Å². The van der Waals surface area contributed by atoms with E-state index in [0.717, 1.165) is 35.5 Å². The fraction of sp³-hybridized carbons (Fsp3) is 0.304. The van der Waals surface area contributed by atoms with E-state index in [9.17, 15) is 14.9 Å². The first-order valence-corrected chi connectivity index (χ1v) is 9.94. The van der Waals surface area contributed by atoms with E-state index in [-0.39, 0.29) is 28.6 Å². The van der Waals surface area contributed by atoms with E-state index >= 15 is 0 Å². The second-order valence-corrected chi connectivity index (χ2v) is 8.57. The number of nitrogens with one attached hydrogen (secondary N) is 1. The average molecular weight is 404 g/mol. The van der Waals surface area contributed by atoms with E-state index in [1.165, 1.54) is 18.2 Å². The van der Waals surface area contributed by atoms with Gasteiger partial charge in [-0.05, 0) is 43.4 Å². The predicted octanol–water partition coefficient (Wildman–Crippen LogP) is 4.53. The normalized spacial score (nSPS) is 17.2. The van der Waals surface area contributed by atoms with E-state index in [2.05, 4.69) is 19.2 Å². The van der Waals surface area contributed by atoms with Gasteiger partial charge in [-0.15, -0.1) is 0 Å². The van der Waals surface area contributed by atoms with Crippen molar-refractivity contribution in [2.45, 2.75) is 39.7 Å². The monoisotopic (exact) mass is 404 g/mol. The minimum absolute atomic E-state index is 0.0351. The number of nitro groups is 1. The van der Waals surface area contributed by atoms with Crippen LogP contribution >= 0.6 is 0 Å². The lowest BCUT2D eigenvalue weighted by Crippen LogP contribution is -2.37. The molecule has 1 atom stereocenters. The third-order valence-electron chi connectivity index (χ3n) is 5.58. The van der Waals surface area contributed by atoms with Crippen molar-refractivity contribution in [2.24, 2.45) is 5.41 Å². The van der Waals surface area contributed by atoms with Gasteiger partial charge in [0.2, 0.25) is 0 Å². The Morgan fingerprint density at radius 2 is 1.93 bits per heavy atom. The zero-order valence-corrected chi connectivity index (χ0v) is 17.3. The average Bonchev–Trinajstić information content (AvgIpc) is 3.03. The van der Waals surface area contributed by atoms with Crippen LogP contribution in [-0.2, 0) is 6.42 Å². The maximum absolute atomic E-state index is 12.9. The first kappa shape index (κ1) is 19.8. The molecule has 7 heteroatoms. The molecule has 1 N–H and O–H groups in total. The highest BCUT2D eigenvalue weighted by atomic mass is 16.6.